The van der Waals surface area contributed by atoms with Gasteiger partial charge in [0.1, 0.15) is 5.82 Å². The minimum Gasteiger partial charge on any atom is -0.372 e. The summed E-state index contributed by atoms with van der Waals surface area (Å²) in [7, 11) is 0. The first-order valence-electron chi connectivity index (χ1n) is 9.68. The molecule has 1 fully saturated rings. The lowest BCUT2D eigenvalue weighted by atomic mass is 10.0. The van der Waals surface area contributed by atoms with Gasteiger partial charge in [-0.15, -0.1) is 0 Å². The zero-order valence-electron chi connectivity index (χ0n) is 16.5. The predicted molar refractivity (Wildman–Crippen MR) is 116 cm³/mol. The Bertz CT molecular complexity index is 751. The second-order valence-corrected chi connectivity index (χ2v) is 7.86. The summed E-state index contributed by atoms with van der Waals surface area (Å²) < 4.78 is 6.51. The van der Waals surface area contributed by atoms with Gasteiger partial charge in [0.2, 0.25) is 0 Å². The van der Waals surface area contributed by atoms with Crippen LogP contribution in [-0.2, 0) is 18.0 Å². The van der Waals surface area contributed by atoms with E-state index in [4.69, 9.17) is 21.3 Å². The number of aromatic nitrogens is 1. The Balaban J connectivity index is 0.000000444. The summed E-state index contributed by atoms with van der Waals surface area (Å²) in [6, 6.07) is 4.26. The van der Waals surface area contributed by atoms with Crippen molar-refractivity contribution in [1.82, 2.24) is 4.98 Å². The molecule has 3 heterocycles. The molecule has 2 aliphatic heterocycles. The van der Waals surface area contributed by atoms with Gasteiger partial charge in [-0.05, 0) is 51.5 Å². The Hall–Kier alpha value is -0.840. The average Bonchev–Trinajstić information content (AvgIpc) is 3.31. The van der Waals surface area contributed by atoms with E-state index in [9.17, 15) is 0 Å². The van der Waals surface area contributed by atoms with Gasteiger partial charge in [0.15, 0.2) is 0 Å². The number of halogens is 2. The van der Waals surface area contributed by atoms with Crippen molar-refractivity contribution in [2.45, 2.75) is 60.7 Å². The number of nitrogens with zero attached hydrogens (tertiary/aromatic N) is 2. The Kier molecular flexibility index (Phi) is 8.18. The van der Waals surface area contributed by atoms with Crippen LogP contribution in [0, 0.1) is 5.92 Å². The van der Waals surface area contributed by atoms with Gasteiger partial charge < -0.3 is 9.64 Å². The maximum absolute atomic E-state index is 6.53. The molecule has 0 aliphatic carbocycles. The molecule has 1 atom stereocenters. The zero-order valence-corrected chi connectivity index (χ0v) is 18.9. The molecule has 0 N–H and O–H groups in total. The van der Waals surface area contributed by atoms with E-state index < -0.39 is 0 Å². The summed E-state index contributed by atoms with van der Waals surface area (Å²) in [6.45, 7) is 14.0. The van der Waals surface area contributed by atoms with Gasteiger partial charge in [0.05, 0.1) is 23.8 Å². The van der Waals surface area contributed by atoms with Crippen molar-refractivity contribution in [3.63, 3.8) is 0 Å². The van der Waals surface area contributed by atoms with Crippen LogP contribution < -0.4 is 4.90 Å². The smallest absolute Gasteiger partial charge is 0.129 e. The highest BCUT2D eigenvalue weighted by molar-refractivity contribution is 9.10. The molecule has 0 radical (unpaired) electrons. The molecule has 1 saturated heterocycles. The van der Waals surface area contributed by atoms with Crippen LogP contribution in [0.1, 0.15) is 58.6 Å². The number of pyridine rings is 1. The zero-order chi connectivity index (χ0) is 19.3. The van der Waals surface area contributed by atoms with Crippen LogP contribution in [0.15, 0.2) is 16.6 Å². The molecule has 4 rings (SSSR count). The molecule has 1 aromatic heterocycles. The van der Waals surface area contributed by atoms with Crippen molar-refractivity contribution in [3.05, 3.63) is 32.8 Å². The van der Waals surface area contributed by atoms with Gasteiger partial charge in [0.25, 0.3) is 0 Å². The minimum absolute atomic E-state index is 0.622. The molecular formula is C21H30BrClN2O. The highest BCUT2D eigenvalue weighted by atomic mass is 79.9. The van der Waals surface area contributed by atoms with Crippen LogP contribution in [0.4, 0.5) is 5.82 Å². The lowest BCUT2D eigenvalue weighted by Gasteiger charge is -2.18. The second-order valence-electron chi connectivity index (χ2n) is 6.69. The van der Waals surface area contributed by atoms with Crippen LogP contribution in [0.5, 0.6) is 0 Å². The van der Waals surface area contributed by atoms with Crippen molar-refractivity contribution < 1.29 is 4.74 Å². The number of ether oxygens (including phenoxy) is 1. The van der Waals surface area contributed by atoms with Gasteiger partial charge in [-0.25, -0.2) is 4.98 Å². The Morgan fingerprint density at radius 2 is 1.88 bits per heavy atom. The largest absolute Gasteiger partial charge is 0.372 e. The number of rotatable bonds is 1. The highest BCUT2D eigenvalue weighted by Gasteiger charge is 2.24. The molecule has 0 bridgehead atoms. The Labute approximate surface area is 171 Å². The highest BCUT2D eigenvalue weighted by Crippen LogP contribution is 2.41. The van der Waals surface area contributed by atoms with Gasteiger partial charge in [0, 0.05) is 22.9 Å². The summed E-state index contributed by atoms with van der Waals surface area (Å²) in [4.78, 5) is 7.18. The van der Waals surface area contributed by atoms with Crippen LogP contribution in [0.3, 0.4) is 0 Å². The average molecular weight is 442 g/mol. The van der Waals surface area contributed by atoms with E-state index in [1.54, 1.807) is 0 Å². The number of fused-ring (bicyclic) bond motifs is 3. The first kappa shape index (κ1) is 21.5. The van der Waals surface area contributed by atoms with Crippen LogP contribution in [-0.4, -0.2) is 18.1 Å². The fraction of sp³-hybridized carbons (Fsp3) is 0.571. The van der Waals surface area contributed by atoms with E-state index >= 15 is 0 Å². The molecule has 1 aromatic carbocycles. The number of hydrogen-bond acceptors (Lipinski definition) is 3. The Morgan fingerprint density at radius 1 is 1.23 bits per heavy atom. The number of benzene rings is 1. The molecule has 2 aliphatic rings. The van der Waals surface area contributed by atoms with Crippen molar-refractivity contribution in [2.75, 3.05) is 18.0 Å². The Morgan fingerprint density at radius 3 is 2.50 bits per heavy atom. The van der Waals surface area contributed by atoms with Crippen molar-refractivity contribution >= 4 is 44.3 Å². The number of hydrogen-bond donors (Lipinski definition) is 0. The minimum atomic E-state index is 0.622. The first-order valence-corrected chi connectivity index (χ1v) is 10.9. The topological polar surface area (TPSA) is 25.4 Å². The van der Waals surface area contributed by atoms with E-state index in [1.807, 2.05) is 13.8 Å². The quantitative estimate of drug-likeness (QED) is 0.478. The van der Waals surface area contributed by atoms with Crippen LogP contribution in [0.2, 0.25) is 5.02 Å². The van der Waals surface area contributed by atoms with Gasteiger partial charge >= 0.3 is 0 Å². The molecule has 5 heteroatoms. The van der Waals surface area contributed by atoms with Crippen molar-refractivity contribution in [3.8, 4) is 0 Å². The summed E-state index contributed by atoms with van der Waals surface area (Å²) in [6.07, 6.45) is 2.48. The number of anilines is 1. The fourth-order valence-corrected chi connectivity index (χ4v) is 4.08. The van der Waals surface area contributed by atoms with Crippen molar-refractivity contribution in [1.29, 1.82) is 0 Å². The summed E-state index contributed by atoms with van der Waals surface area (Å²) in [5.41, 5.74) is 3.26. The fourth-order valence-electron chi connectivity index (χ4n) is 3.28. The van der Waals surface area contributed by atoms with Gasteiger partial charge in [-0.2, -0.15) is 0 Å². The molecule has 2 aromatic rings. The van der Waals surface area contributed by atoms with Gasteiger partial charge in [-0.1, -0.05) is 52.6 Å². The summed E-state index contributed by atoms with van der Waals surface area (Å²) >= 11 is 10.1. The maximum atomic E-state index is 6.53. The van der Waals surface area contributed by atoms with E-state index in [1.165, 1.54) is 18.4 Å². The summed E-state index contributed by atoms with van der Waals surface area (Å²) in [5, 5.41) is 1.81. The predicted octanol–water partition coefficient (Wildman–Crippen LogP) is 6.97. The lowest BCUT2D eigenvalue weighted by Crippen LogP contribution is -2.20. The SMILES string of the molecule is CC.CC1CCN(c2ccc3c4c(c(Br)c(Cl)c3n2)COC4)C1.CCC. The molecule has 26 heavy (non-hydrogen) atoms. The van der Waals surface area contributed by atoms with E-state index in [0.29, 0.717) is 18.2 Å². The molecule has 0 amide bonds. The third-order valence-corrected chi connectivity index (χ3v) is 5.95. The normalized spacial score (nSPS) is 18.1. The van der Waals surface area contributed by atoms with Crippen LogP contribution in [0.25, 0.3) is 10.9 Å². The monoisotopic (exact) mass is 440 g/mol. The molecular weight excluding hydrogens is 412 g/mol. The van der Waals surface area contributed by atoms with Crippen LogP contribution >= 0.6 is 27.5 Å². The summed E-state index contributed by atoms with van der Waals surface area (Å²) in [5.74, 6) is 1.76. The first-order chi connectivity index (χ1) is 12.6. The second kappa shape index (κ2) is 9.91. The van der Waals surface area contributed by atoms with E-state index in [-0.39, 0.29) is 0 Å². The van der Waals surface area contributed by atoms with Gasteiger partial charge in [-0.3, -0.25) is 0 Å². The van der Waals surface area contributed by atoms with E-state index in [0.717, 1.165) is 45.8 Å². The third-order valence-electron chi connectivity index (χ3n) is 4.48. The lowest BCUT2D eigenvalue weighted by molar-refractivity contribution is 0.134. The molecule has 144 valence electrons. The molecule has 0 spiro atoms. The maximum Gasteiger partial charge on any atom is 0.129 e. The third kappa shape index (κ3) is 4.35. The van der Waals surface area contributed by atoms with Crippen molar-refractivity contribution in [2.24, 2.45) is 5.92 Å². The molecule has 3 nitrogen and oxygen atoms in total. The molecule has 1 unspecified atom stereocenters. The van der Waals surface area contributed by atoms with E-state index in [2.05, 4.69) is 53.7 Å². The standard InChI is InChI=1S/C16H16BrClN2O.C3H8.C2H6/c1-9-4-5-20(6-9)13-3-2-10-11-7-21-8-12(11)14(17)15(18)16(10)19-13;1-3-2;1-2/h2-3,9H,4-8H2,1H3;3H2,1-2H3;1-2H3. The molecule has 0 saturated carbocycles.